The van der Waals surface area contributed by atoms with Crippen molar-refractivity contribution in [2.24, 2.45) is 10.8 Å². The van der Waals surface area contributed by atoms with Crippen molar-refractivity contribution in [3.8, 4) is 0 Å². The monoisotopic (exact) mass is 459 g/mol. The van der Waals surface area contributed by atoms with Gasteiger partial charge in [-0.25, -0.2) is 0 Å². The van der Waals surface area contributed by atoms with Gasteiger partial charge in [0, 0.05) is 24.8 Å². The summed E-state index contributed by atoms with van der Waals surface area (Å²) in [6.45, 7) is 23.8. The molecule has 32 heavy (non-hydrogen) atoms. The van der Waals surface area contributed by atoms with Crippen LogP contribution in [0.5, 0.6) is 0 Å². The Morgan fingerprint density at radius 1 is 0.844 bits per heavy atom. The van der Waals surface area contributed by atoms with Crippen LogP contribution in [0.15, 0.2) is 49.1 Å². The third kappa shape index (κ3) is 21.9. The first-order chi connectivity index (χ1) is 14.9. The van der Waals surface area contributed by atoms with Crippen LogP contribution >= 0.6 is 8.58 Å². The Bertz CT molecular complexity index is 649. The van der Waals surface area contributed by atoms with Crippen molar-refractivity contribution in [3.63, 3.8) is 0 Å². The fourth-order valence-electron chi connectivity index (χ4n) is 2.90. The zero-order chi connectivity index (χ0) is 24.5. The molecule has 0 aliphatic carbocycles. The molecule has 4 heteroatoms. The van der Waals surface area contributed by atoms with E-state index >= 15 is 0 Å². The molecule has 0 radical (unpaired) electrons. The van der Waals surface area contributed by atoms with E-state index < -0.39 is 0 Å². The molecule has 1 aliphatic rings. The van der Waals surface area contributed by atoms with Crippen molar-refractivity contribution in [3.05, 3.63) is 54.6 Å². The van der Waals surface area contributed by atoms with Gasteiger partial charge in [-0.15, -0.1) is 0 Å². The summed E-state index contributed by atoms with van der Waals surface area (Å²) in [5, 5.41) is 1.33. The van der Waals surface area contributed by atoms with Gasteiger partial charge in [-0.05, 0) is 79.4 Å². The Hall–Kier alpha value is -1.31. The van der Waals surface area contributed by atoms with E-state index in [1.807, 2.05) is 30.7 Å². The molecule has 0 aromatic carbocycles. The molecule has 1 fully saturated rings. The smallest absolute Gasteiger partial charge is 0.0341 e. The standard InChI is InChI=1S/C10H15N.C7H15N.C6H8NP.C5H12/c1-10(2,3)7-9-5-4-6-11-8-9;1-2-8-6-4-3-5-7-8;1-8-6-3-2-4-7-5-6;1-5(2,3)4/h4-6,8H,7H2,1-3H3;2-7H2,1H3;2-5,8H,1H3;1-4H3. The number of rotatable bonds is 3. The van der Waals surface area contributed by atoms with Gasteiger partial charge in [0.05, 0.1) is 0 Å². The van der Waals surface area contributed by atoms with Crippen LogP contribution in [0, 0.1) is 10.8 Å². The highest BCUT2D eigenvalue weighted by Crippen LogP contribution is 2.19. The van der Waals surface area contributed by atoms with E-state index in [9.17, 15) is 0 Å². The molecule has 1 aliphatic heterocycles. The normalized spacial score (nSPS) is 14.4. The SMILES string of the molecule is CC(C)(C)C.CC(C)(C)Cc1cccnc1.CCN1CCCCC1.CPc1cccnc1. The Kier molecular flexibility index (Phi) is 16.5. The number of piperidine rings is 1. The third-order valence-corrected chi connectivity index (χ3v) is 5.18. The van der Waals surface area contributed by atoms with Crippen LogP contribution in [0.2, 0.25) is 0 Å². The largest absolute Gasteiger partial charge is 0.304 e. The van der Waals surface area contributed by atoms with Gasteiger partial charge < -0.3 is 4.90 Å². The summed E-state index contributed by atoms with van der Waals surface area (Å²) in [5.74, 6) is 0. The topological polar surface area (TPSA) is 29.0 Å². The van der Waals surface area contributed by atoms with Crippen LogP contribution in [-0.4, -0.2) is 41.2 Å². The summed E-state index contributed by atoms with van der Waals surface area (Å²) < 4.78 is 0. The summed E-state index contributed by atoms with van der Waals surface area (Å²) in [5.41, 5.74) is 2.18. The summed E-state index contributed by atoms with van der Waals surface area (Å²) in [6.07, 6.45) is 12.8. The number of pyridine rings is 2. The highest BCUT2D eigenvalue weighted by Gasteiger charge is 2.10. The van der Waals surface area contributed by atoms with Crippen molar-refractivity contribution in [1.29, 1.82) is 0 Å². The first-order valence-corrected chi connectivity index (χ1v) is 13.6. The van der Waals surface area contributed by atoms with Gasteiger partial charge in [0.15, 0.2) is 0 Å². The molecule has 182 valence electrons. The zero-order valence-corrected chi connectivity index (χ0v) is 23.4. The number of hydrogen-bond acceptors (Lipinski definition) is 3. The Morgan fingerprint density at radius 2 is 1.38 bits per heavy atom. The van der Waals surface area contributed by atoms with Crippen LogP contribution < -0.4 is 5.30 Å². The second-order valence-electron chi connectivity index (χ2n) is 11.1. The van der Waals surface area contributed by atoms with Crippen LogP contribution in [0.4, 0.5) is 0 Å². The van der Waals surface area contributed by atoms with Crippen LogP contribution in [0.25, 0.3) is 0 Å². The molecule has 0 N–H and O–H groups in total. The fourth-order valence-corrected chi connectivity index (χ4v) is 3.37. The van der Waals surface area contributed by atoms with Crippen molar-refractivity contribution < 1.29 is 0 Å². The molecule has 1 atom stereocenters. The van der Waals surface area contributed by atoms with Crippen molar-refractivity contribution >= 4 is 13.9 Å². The number of nitrogens with zero attached hydrogens (tertiary/aromatic N) is 3. The Balaban J connectivity index is 0.000000415. The van der Waals surface area contributed by atoms with Crippen molar-refractivity contribution in [2.75, 3.05) is 26.3 Å². The molecule has 0 bridgehead atoms. The molecule has 0 spiro atoms. The highest BCUT2D eigenvalue weighted by molar-refractivity contribution is 7.46. The maximum absolute atomic E-state index is 4.07. The van der Waals surface area contributed by atoms with Gasteiger partial charge in [0.2, 0.25) is 0 Å². The summed E-state index contributed by atoms with van der Waals surface area (Å²) in [7, 11) is 0.868. The van der Waals surface area contributed by atoms with Gasteiger partial charge in [0.25, 0.3) is 0 Å². The molecular weight excluding hydrogens is 409 g/mol. The maximum atomic E-state index is 4.07. The highest BCUT2D eigenvalue weighted by atomic mass is 31.1. The Morgan fingerprint density at radius 3 is 1.69 bits per heavy atom. The van der Waals surface area contributed by atoms with E-state index in [2.05, 4.69) is 89.1 Å². The first-order valence-electron chi connectivity index (χ1n) is 12.1. The lowest BCUT2D eigenvalue weighted by Gasteiger charge is -2.24. The van der Waals surface area contributed by atoms with E-state index in [0.717, 1.165) is 15.0 Å². The molecule has 0 saturated carbocycles. The van der Waals surface area contributed by atoms with Gasteiger partial charge in [0.1, 0.15) is 0 Å². The minimum absolute atomic E-state index is 0.364. The lowest BCUT2D eigenvalue weighted by Crippen LogP contribution is -2.29. The molecule has 2 aromatic heterocycles. The maximum Gasteiger partial charge on any atom is 0.0341 e. The second-order valence-corrected chi connectivity index (χ2v) is 12.2. The molecule has 2 aromatic rings. The van der Waals surface area contributed by atoms with Crippen molar-refractivity contribution in [1.82, 2.24) is 14.9 Å². The second kappa shape index (κ2) is 17.2. The van der Waals surface area contributed by atoms with Gasteiger partial charge in [-0.1, -0.05) is 82.5 Å². The van der Waals surface area contributed by atoms with Gasteiger partial charge >= 0.3 is 0 Å². The quantitative estimate of drug-likeness (QED) is 0.453. The van der Waals surface area contributed by atoms with E-state index in [-0.39, 0.29) is 0 Å². The predicted octanol–water partition coefficient (Wildman–Crippen LogP) is 7.23. The zero-order valence-electron chi connectivity index (χ0n) is 22.4. The molecule has 3 nitrogen and oxygen atoms in total. The first kappa shape index (κ1) is 30.7. The van der Waals surface area contributed by atoms with Gasteiger partial charge in [-0.2, -0.15) is 0 Å². The summed E-state index contributed by atoms with van der Waals surface area (Å²) in [6, 6.07) is 8.16. The summed E-state index contributed by atoms with van der Waals surface area (Å²) >= 11 is 0. The molecule has 0 amide bonds. The average Bonchev–Trinajstić information content (AvgIpc) is 2.74. The van der Waals surface area contributed by atoms with Gasteiger partial charge in [-0.3, -0.25) is 9.97 Å². The number of aromatic nitrogens is 2. The molecule has 1 unspecified atom stereocenters. The Labute approximate surface area is 201 Å². The van der Waals surface area contributed by atoms with E-state index in [4.69, 9.17) is 0 Å². The van der Waals surface area contributed by atoms with E-state index in [1.54, 1.807) is 6.20 Å². The number of likely N-dealkylation sites (tertiary alicyclic amines) is 1. The van der Waals surface area contributed by atoms with Crippen LogP contribution in [0.3, 0.4) is 0 Å². The molecular formula is C28H50N3P. The fraction of sp³-hybridized carbons (Fsp3) is 0.643. The van der Waals surface area contributed by atoms with E-state index in [0.29, 0.717) is 10.8 Å². The van der Waals surface area contributed by atoms with Crippen LogP contribution in [-0.2, 0) is 6.42 Å². The number of hydrogen-bond donors (Lipinski definition) is 0. The summed E-state index contributed by atoms with van der Waals surface area (Å²) in [4.78, 5) is 10.5. The third-order valence-electron chi connectivity index (χ3n) is 4.30. The minimum Gasteiger partial charge on any atom is -0.304 e. The predicted molar refractivity (Wildman–Crippen MR) is 147 cm³/mol. The lowest BCUT2D eigenvalue weighted by atomic mass is 9.89. The van der Waals surface area contributed by atoms with Crippen LogP contribution in [0.1, 0.15) is 80.2 Å². The molecule has 3 heterocycles. The molecule has 3 rings (SSSR count). The molecule has 1 saturated heterocycles. The van der Waals surface area contributed by atoms with Crippen molar-refractivity contribution in [2.45, 2.75) is 81.1 Å². The van der Waals surface area contributed by atoms with E-state index in [1.165, 1.54) is 49.8 Å². The lowest BCUT2D eigenvalue weighted by molar-refractivity contribution is 0.240. The average molecular weight is 460 g/mol. The minimum atomic E-state index is 0.364.